The molecule has 2 rings (SSSR count). The van der Waals surface area contributed by atoms with Crippen molar-refractivity contribution >= 4 is 11.6 Å². The van der Waals surface area contributed by atoms with Gasteiger partial charge in [-0.25, -0.2) is 0 Å². The van der Waals surface area contributed by atoms with Crippen LogP contribution >= 0.6 is 11.6 Å². The van der Waals surface area contributed by atoms with E-state index in [2.05, 4.69) is 42.6 Å². The van der Waals surface area contributed by atoms with Crippen molar-refractivity contribution in [2.45, 2.75) is 19.4 Å². The molecule has 2 aromatic carbocycles. The average Bonchev–Trinajstić information content (AvgIpc) is 2.40. The Hall–Kier alpha value is -1.31. The lowest BCUT2D eigenvalue weighted by Crippen LogP contribution is -2.21. The van der Waals surface area contributed by atoms with Gasteiger partial charge in [0.1, 0.15) is 0 Å². The van der Waals surface area contributed by atoms with Gasteiger partial charge in [-0.15, -0.1) is 0 Å². The molecule has 0 aliphatic heterocycles. The Kier molecular flexibility index (Phi) is 4.80. The zero-order valence-corrected chi connectivity index (χ0v) is 11.3. The maximum absolute atomic E-state index is 5.99. The second kappa shape index (κ2) is 6.58. The quantitative estimate of drug-likeness (QED) is 0.847. The third-order valence-electron chi connectivity index (χ3n) is 3.06. The summed E-state index contributed by atoms with van der Waals surface area (Å²) in [5.41, 5.74) is 2.60. The molecule has 1 atom stereocenters. The van der Waals surface area contributed by atoms with Crippen molar-refractivity contribution in [1.82, 2.24) is 5.32 Å². The van der Waals surface area contributed by atoms with Crippen LogP contribution < -0.4 is 5.32 Å². The van der Waals surface area contributed by atoms with Crippen molar-refractivity contribution in [2.24, 2.45) is 0 Å². The van der Waals surface area contributed by atoms with Crippen LogP contribution in [0.25, 0.3) is 0 Å². The van der Waals surface area contributed by atoms with Crippen LogP contribution in [0.2, 0.25) is 5.02 Å². The summed E-state index contributed by atoms with van der Waals surface area (Å²) in [6.45, 7) is 3.13. The Balaban J connectivity index is 1.83. The van der Waals surface area contributed by atoms with Gasteiger partial charge in [0.2, 0.25) is 0 Å². The molecule has 0 amide bonds. The summed E-state index contributed by atoms with van der Waals surface area (Å²) in [6, 6.07) is 18.9. The lowest BCUT2D eigenvalue weighted by atomic mass is 10.1. The van der Waals surface area contributed by atoms with Gasteiger partial charge in [0.25, 0.3) is 0 Å². The highest BCUT2D eigenvalue weighted by Gasteiger charge is 2.04. The maximum Gasteiger partial charge on any atom is 0.0409 e. The first-order valence-electron chi connectivity index (χ1n) is 6.28. The molecule has 0 aromatic heterocycles. The average molecular weight is 260 g/mol. The molecule has 1 unspecified atom stereocenters. The topological polar surface area (TPSA) is 12.0 Å². The molecule has 0 radical (unpaired) electrons. The highest BCUT2D eigenvalue weighted by molar-refractivity contribution is 6.30. The van der Waals surface area contributed by atoms with Crippen molar-refractivity contribution < 1.29 is 0 Å². The van der Waals surface area contributed by atoms with E-state index in [9.17, 15) is 0 Å². The standard InChI is InChI=1S/C16H18ClN/c1-13(15-8-5-9-16(17)12-15)18-11-10-14-6-3-2-4-7-14/h2-9,12-13,18H,10-11H2,1H3. The molecule has 94 valence electrons. The highest BCUT2D eigenvalue weighted by Crippen LogP contribution is 2.17. The van der Waals surface area contributed by atoms with Crippen LogP contribution in [0.3, 0.4) is 0 Å². The first kappa shape index (κ1) is 13.1. The molecule has 0 spiro atoms. The molecule has 0 heterocycles. The molecule has 2 aromatic rings. The predicted molar refractivity (Wildman–Crippen MR) is 78.0 cm³/mol. The summed E-state index contributed by atoms with van der Waals surface area (Å²) in [5, 5.41) is 4.31. The minimum absolute atomic E-state index is 0.326. The zero-order valence-electron chi connectivity index (χ0n) is 10.6. The van der Waals surface area contributed by atoms with Crippen molar-refractivity contribution in [2.75, 3.05) is 6.54 Å². The molecule has 0 saturated carbocycles. The molecular weight excluding hydrogens is 242 g/mol. The van der Waals surface area contributed by atoms with Crippen LogP contribution in [0.15, 0.2) is 54.6 Å². The fraction of sp³-hybridized carbons (Fsp3) is 0.250. The third-order valence-corrected chi connectivity index (χ3v) is 3.29. The zero-order chi connectivity index (χ0) is 12.8. The Morgan fingerprint density at radius 2 is 1.83 bits per heavy atom. The van der Waals surface area contributed by atoms with E-state index in [1.165, 1.54) is 11.1 Å². The molecule has 18 heavy (non-hydrogen) atoms. The van der Waals surface area contributed by atoms with Crippen LogP contribution in [-0.4, -0.2) is 6.54 Å². The van der Waals surface area contributed by atoms with Crippen LogP contribution in [0.4, 0.5) is 0 Å². The molecule has 2 heteroatoms. The maximum atomic E-state index is 5.99. The number of halogens is 1. The normalized spacial score (nSPS) is 12.3. The van der Waals surface area contributed by atoms with Gasteiger partial charge < -0.3 is 5.32 Å². The van der Waals surface area contributed by atoms with Crippen molar-refractivity contribution in [1.29, 1.82) is 0 Å². The monoisotopic (exact) mass is 259 g/mol. The predicted octanol–water partition coefficient (Wildman–Crippen LogP) is 4.23. The number of hydrogen-bond acceptors (Lipinski definition) is 1. The van der Waals surface area contributed by atoms with Gasteiger partial charge in [-0.05, 0) is 43.1 Å². The van der Waals surface area contributed by atoms with Crippen LogP contribution in [-0.2, 0) is 6.42 Å². The van der Waals surface area contributed by atoms with E-state index in [4.69, 9.17) is 11.6 Å². The Morgan fingerprint density at radius 3 is 2.56 bits per heavy atom. The first-order chi connectivity index (χ1) is 8.75. The van der Waals surface area contributed by atoms with Gasteiger partial charge >= 0.3 is 0 Å². The van der Waals surface area contributed by atoms with E-state index in [1.807, 2.05) is 24.3 Å². The second-order valence-corrected chi connectivity index (χ2v) is 4.90. The fourth-order valence-electron chi connectivity index (χ4n) is 1.97. The van der Waals surface area contributed by atoms with Gasteiger partial charge in [-0.2, -0.15) is 0 Å². The molecule has 1 N–H and O–H groups in total. The number of nitrogens with one attached hydrogen (secondary N) is 1. The van der Waals surface area contributed by atoms with Gasteiger partial charge in [-0.3, -0.25) is 0 Å². The van der Waals surface area contributed by atoms with Gasteiger partial charge in [0.05, 0.1) is 0 Å². The van der Waals surface area contributed by atoms with Crippen LogP contribution in [0.5, 0.6) is 0 Å². The van der Waals surface area contributed by atoms with Crippen molar-refractivity contribution in [3.8, 4) is 0 Å². The molecule has 0 fully saturated rings. The minimum Gasteiger partial charge on any atom is -0.310 e. The van der Waals surface area contributed by atoms with E-state index in [1.54, 1.807) is 0 Å². The summed E-state index contributed by atoms with van der Waals surface area (Å²) in [6.07, 6.45) is 1.05. The molecule has 0 aliphatic carbocycles. The van der Waals surface area contributed by atoms with Crippen LogP contribution in [0, 0.1) is 0 Å². The van der Waals surface area contributed by atoms with E-state index in [0.29, 0.717) is 6.04 Å². The first-order valence-corrected chi connectivity index (χ1v) is 6.66. The number of rotatable bonds is 5. The summed E-state index contributed by atoms with van der Waals surface area (Å²) >= 11 is 5.99. The lowest BCUT2D eigenvalue weighted by Gasteiger charge is -2.14. The largest absolute Gasteiger partial charge is 0.310 e. The van der Waals surface area contributed by atoms with Gasteiger partial charge in [0.15, 0.2) is 0 Å². The van der Waals surface area contributed by atoms with Crippen molar-refractivity contribution in [3.63, 3.8) is 0 Å². The second-order valence-electron chi connectivity index (χ2n) is 4.47. The number of hydrogen-bond donors (Lipinski definition) is 1. The van der Waals surface area contributed by atoms with Crippen molar-refractivity contribution in [3.05, 3.63) is 70.7 Å². The smallest absolute Gasteiger partial charge is 0.0409 e. The summed E-state index contributed by atoms with van der Waals surface area (Å²) in [5.74, 6) is 0. The molecular formula is C16H18ClN. The fourth-order valence-corrected chi connectivity index (χ4v) is 2.17. The van der Waals surface area contributed by atoms with Gasteiger partial charge in [0, 0.05) is 11.1 Å². The van der Waals surface area contributed by atoms with Crippen LogP contribution in [0.1, 0.15) is 24.1 Å². The molecule has 1 nitrogen and oxygen atoms in total. The Morgan fingerprint density at radius 1 is 1.06 bits per heavy atom. The molecule has 0 saturated heterocycles. The summed E-state index contributed by atoms with van der Waals surface area (Å²) < 4.78 is 0. The minimum atomic E-state index is 0.326. The SMILES string of the molecule is CC(NCCc1ccccc1)c1cccc(Cl)c1. The summed E-state index contributed by atoms with van der Waals surface area (Å²) in [4.78, 5) is 0. The van der Waals surface area contributed by atoms with E-state index in [0.717, 1.165) is 18.0 Å². The van der Waals surface area contributed by atoms with E-state index >= 15 is 0 Å². The Labute approximate surface area is 114 Å². The van der Waals surface area contributed by atoms with E-state index in [-0.39, 0.29) is 0 Å². The highest BCUT2D eigenvalue weighted by atomic mass is 35.5. The van der Waals surface area contributed by atoms with Gasteiger partial charge in [-0.1, -0.05) is 54.1 Å². The summed E-state index contributed by atoms with van der Waals surface area (Å²) in [7, 11) is 0. The van der Waals surface area contributed by atoms with E-state index < -0.39 is 0 Å². The Bertz CT molecular complexity index is 481. The third kappa shape index (κ3) is 3.86. The molecule has 0 aliphatic rings. The molecule has 0 bridgehead atoms. The lowest BCUT2D eigenvalue weighted by molar-refractivity contribution is 0.577. The number of benzene rings is 2.